The van der Waals surface area contributed by atoms with Gasteiger partial charge in [-0.1, -0.05) is 0 Å². The summed E-state index contributed by atoms with van der Waals surface area (Å²) in [6.45, 7) is 0. The summed E-state index contributed by atoms with van der Waals surface area (Å²) in [4.78, 5) is 10.4. The lowest BCUT2D eigenvalue weighted by Gasteiger charge is -2.28. The molecule has 16 heavy (non-hydrogen) atoms. The second-order valence-electron chi connectivity index (χ2n) is 2.82. The number of aliphatic carboxylic acids is 1. The van der Waals surface area contributed by atoms with Crippen LogP contribution in [-0.2, 0) is 24.1 Å². The molecule has 0 radical (unpaired) electrons. The summed E-state index contributed by atoms with van der Waals surface area (Å²) < 4.78 is 37.2. The highest BCUT2D eigenvalue weighted by molar-refractivity contribution is 7.80. The number of aliphatic hydroxyl groups is 2. The number of carboxylic acid groups (broad SMARTS) is 1. The van der Waals surface area contributed by atoms with Crippen molar-refractivity contribution in [1.29, 1.82) is 0 Å². The van der Waals surface area contributed by atoms with Crippen LogP contribution in [0.4, 0.5) is 0 Å². The normalized spacial score (nSPS) is 30.4. The summed E-state index contributed by atoms with van der Waals surface area (Å²) in [5, 5.41) is 26.8. The molecule has 3 atom stereocenters. The summed E-state index contributed by atoms with van der Waals surface area (Å²) in [5.41, 5.74) is 0. The van der Waals surface area contributed by atoms with Gasteiger partial charge < -0.3 is 20.1 Å². The molecule has 10 heteroatoms. The Morgan fingerprint density at radius 3 is 2.38 bits per heavy atom. The van der Waals surface area contributed by atoms with Crippen molar-refractivity contribution >= 4 is 16.4 Å². The molecule has 0 aromatic heterocycles. The molecule has 0 aromatic rings. The second kappa shape index (κ2) is 4.35. The predicted molar refractivity (Wildman–Crippen MR) is 45.2 cm³/mol. The number of hydrogen-bond donors (Lipinski definition) is 4. The van der Waals surface area contributed by atoms with Gasteiger partial charge in [-0.2, -0.15) is 8.42 Å². The first-order valence-electron chi connectivity index (χ1n) is 3.84. The fraction of sp³-hybridized carbons (Fsp3) is 0.500. The van der Waals surface area contributed by atoms with E-state index in [0.717, 1.165) is 0 Å². The van der Waals surface area contributed by atoms with E-state index >= 15 is 0 Å². The fourth-order valence-corrected chi connectivity index (χ4v) is 1.51. The van der Waals surface area contributed by atoms with Gasteiger partial charge in [0.15, 0.2) is 6.10 Å². The smallest absolute Gasteiger partial charge is 0.397 e. The maximum atomic E-state index is 10.4. The highest BCUT2D eigenvalue weighted by atomic mass is 32.3. The number of carbonyl (C=O) groups is 1. The average Bonchev–Trinajstić information content (AvgIpc) is 2.09. The van der Waals surface area contributed by atoms with Crippen molar-refractivity contribution in [3.63, 3.8) is 0 Å². The summed E-state index contributed by atoms with van der Waals surface area (Å²) in [7, 11) is -4.90. The molecule has 92 valence electrons. The van der Waals surface area contributed by atoms with E-state index in [4.69, 9.17) is 14.8 Å². The van der Waals surface area contributed by atoms with E-state index in [1.165, 1.54) is 0 Å². The Kier molecular flexibility index (Phi) is 3.50. The van der Waals surface area contributed by atoms with Crippen molar-refractivity contribution in [2.24, 2.45) is 0 Å². The molecule has 0 saturated heterocycles. The first kappa shape index (κ1) is 12.9. The molecule has 0 aromatic carbocycles. The van der Waals surface area contributed by atoms with E-state index in [1.807, 2.05) is 0 Å². The van der Waals surface area contributed by atoms with Crippen LogP contribution >= 0.6 is 0 Å². The molecule has 1 aliphatic heterocycles. The van der Waals surface area contributed by atoms with Crippen LogP contribution in [0, 0.1) is 0 Å². The van der Waals surface area contributed by atoms with E-state index < -0.39 is 40.6 Å². The van der Waals surface area contributed by atoms with E-state index in [2.05, 4.69) is 8.92 Å². The van der Waals surface area contributed by atoms with Gasteiger partial charge >= 0.3 is 16.4 Å². The first-order valence-corrected chi connectivity index (χ1v) is 5.21. The topological polar surface area (TPSA) is 151 Å². The second-order valence-corrected chi connectivity index (χ2v) is 3.87. The van der Waals surface area contributed by atoms with Crippen LogP contribution in [0.3, 0.4) is 0 Å². The third-order valence-corrected chi connectivity index (χ3v) is 2.10. The summed E-state index contributed by atoms with van der Waals surface area (Å²) >= 11 is 0. The maximum absolute atomic E-state index is 10.4. The molecule has 0 bridgehead atoms. The third-order valence-electron chi connectivity index (χ3n) is 1.63. The molecule has 0 saturated carbocycles. The number of hydrogen-bond acceptors (Lipinski definition) is 7. The molecule has 0 spiro atoms. The number of rotatable bonds is 3. The van der Waals surface area contributed by atoms with Gasteiger partial charge in [0.1, 0.15) is 6.10 Å². The van der Waals surface area contributed by atoms with Crippen LogP contribution in [-0.4, -0.2) is 52.8 Å². The molecule has 1 unspecified atom stereocenters. The third kappa shape index (κ3) is 3.15. The van der Waals surface area contributed by atoms with Crippen LogP contribution in [0.2, 0.25) is 0 Å². The van der Waals surface area contributed by atoms with Crippen molar-refractivity contribution in [3.05, 3.63) is 11.8 Å². The zero-order valence-electron chi connectivity index (χ0n) is 7.55. The van der Waals surface area contributed by atoms with Gasteiger partial charge in [0.05, 0.1) is 0 Å². The van der Waals surface area contributed by atoms with Crippen LogP contribution in [0.1, 0.15) is 0 Å². The van der Waals surface area contributed by atoms with Crippen molar-refractivity contribution in [1.82, 2.24) is 0 Å². The zero-order valence-corrected chi connectivity index (χ0v) is 8.36. The molecule has 0 fully saturated rings. The standard InChI is InChI=1S/C6H8O9S/c7-2-1-3(5(8)9)14-6(10)4(2)15-16(11,12)13/h1-2,4,6-7,10H,(H,8,9)(H,11,12,13)/t2-,4?,6-/m1/s1. The minimum atomic E-state index is -4.90. The summed E-state index contributed by atoms with van der Waals surface area (Å²) in [6, 6.07) is 0. The van der Waals surface area contributed by atoms with E-state index in [-0.39, 0.29) is 0 Å². The Bertz CT molecular complexity index is 410. The lowest BCUT2D eigenvalue weighted by Crippen LogP contribution is -2.45. The average molecular weight is 256 g/mol. The Morgan fingerprint density at radius 1 is 1.44 bits per heavy atom. The quantitative estimate of drug-likeness (QED) is 0.414. The number of carboxylic acids is 1. The van der Waals surface area contributed by atoms with Crippen LogP contribution < -0.4 is 0 Å². The summed E-state index contributed by atoms with van der Waals surface area (Å²) in [5.74, 6) is -2.31. The predicted octanol–water partition coefficient (Wildman–Crippen LogP) is -2.15. The van der Waals surface area contributed by atoms with Gasteiger partial charge in [-0.05, 0) is 6.08 Å². The molecular weight excluding hydrogens is 248 g/mol. The van der Waals surface area contributed by atoms with Gasteiger partial charge in [-0.25, -0.2) is 8.98 Å². The van der Waals surface area contributed by atoms with Crippen LogP contribution in [0.5, 0.6) is 0 Å². The van der Waals surface area contributed by atoms with Crippen LogP contribution in [0.15, 0.2) is 11.8 Å². The van der Waals surface area contributed by atoms with Gasteiger partial charge in [-0.3, -0.25) is 4.55 Å². The Labute approximate surface area is 89.5 Å². The summed E-state index contributed by atoms with van der Waals surface area (Å²) in [6.07, 6.45) is -4.99. The molecule has 0 aliphatic carbocycles. The molecule has 1 heterocycles. The molecule has 4 N–H and O–H groups in total. The lowest BCUT2D eigenvalue weighted by molar-refractivity contribution is -0.176. The van der Waals surface area contributed by atoms with Gasteiger partial charge in [0.2, 0.25) is 12.0 Å². The zero-order chi connectivity index (χ0) is 12.5. The van der Waals surface area contributed by atoms with Crippen molar-refractivity contribution < 1.29 is 42.0 Å². The molecule has 9 nitrogen and oxygen atoms in total. The molecule has 1 aliphatic rings. The maximum Gasteiger partial charge on any atom is 0.397 e. The Morgan fingerprint density at radius 2 is 2.00 bits per heavy atom. The fourth-order valence-electron chi connectivity index (χ4n) is 1.02. The largest absolute Gasteiger partial charge is 0.475 e. The van der Waals surface area contributed by atoms with Crippen LogP contribution in [0.25, 0.3) is 0 Å². The minimum absolute atomic E-state index is 0.630. The Hall–Kier alpha value is -1.20. The van der Waals surface area contributed by atoms with Gasteiger partial charge in [-0.15, -0.1) is 0 Å². The van der Waals surface area contributed by atoms with Crippen molar-refractivity contribution in [2.75, 3.05) is 0 Å². The van der Waals surface area contributed by atoms with E-state index in [1.54, 1.807) is 0 Å². The van der Waals surface area contributed by atoms with E-state index in [9.17, 15) is 18.3 Å². The van der Waals surface area contributed by atoms with Gasteiger partial charge in [0.25, 0.3) is 0 Å². The highest BCUT2D eigenvalue weighted by Gasteiger charge is 2.38. The molecule has 1 rings (SSSR count). The molecule has 0 amide bonds. The number of ether oxygens (including phenoxy) is 1. The first-order chi connectivity index (χ1) is 7.20. The lowest BCUT2D eigenvalue weighted by atomic mass is 10.1. The highest BCUT2D eigenvalue weighted by Crippen LogP contribution is 2.20. The number of aliphatic hydroxyl groups excluding tert-OH is 2. The monoisotopic (exact) mass is 256 g/mol. The van der Waals surface area contributed by atoms with Crippen molar-refractivity contribution in [2.45, 2.75) is 18.5 Å². The van der Waals surface area contributed by atoms with E-state index in [0.29, 0.717) is 6.08 Å². The Balaban J connectivity index is 2.88. The minimum Gasteiger partial charge on any atom is -0.475 e. The SMILES string of the molecule is O=C(O)C1=C[C@@H](O)C(OS(=O)(=O)O)[C@H](O)O1. The van der Waals surface area contributed by atoms with Crippen molar-refractivity contribution in [3.8, 4) is 0 Å². The molecular formula is C6H8O9S. The van der Waals surface area contributed by atoms with Gasteiger partial charge in [0, 0.05) is 0 Å².